The van der Waals surface area contributed by atoms with E-state index < -0.39 is 0 Å². The van der Waals surface area contributed by atoms with Crippen molar-refractivity contribution in [1.29, 1.82) is 0 Å². The molecule has 2 aromatic carbocycles. The molecule has 1 N–H and O–H groups in total. The summed E-state index contributed by atoms with van der Waals surface area (Å²) in [6.07, 6.45) is 3.85. The number of benzene rings is 2. The van der Waals surface area contributed by atoms with E-state index >= 15 is 0 Å². The fourth-order valence-corrected chi connectivity index (χ4v) is 4.59. The van der Waals surface area contributed by atoms with Crippen LogP contribution in [0.1, 0.15) is 18.4 Å². The van der Waals surface area contributed by atoms with Gasteiger partial charge in [0.15, 0.2) is 18.1 Å². The van der Waals surface area contributed by atoms with Gasteiger partial charge < -0.3 is 28.8 Å². The summed E-state index contributed by atoms with van der Waals surface area (Å²) in [6, 6.07) is 14.1. The van der Waals surface area contributed by atoms with Crippen molar-refractivity contribution in [1.82, 2.24) is 14.8 Å². The van der Waals surface area contributed by atoms with Crippen LogP contribution in [-0.4, -0.2) is 69.0 Å². The van der Waals surface area contributed by atoms with Gasteiger partial charge in [0.25, 0.3) is 5.91 Å². The summed E-state index contributed by atoms with van der Waals surface area (Å²) in [7, 11) is 4.99. The molecule has 35 heavy (non-hydrogen) atoms. The molecular weight excluding hydrogens is 446 g/mol. The number of carbonyl (C=O) groups excluding carboxylic acids is 1. The van der Waals surface area contributed by atoms with Gasteiger partial charge in [-0.2, -0.15) is 0 Å². The van der Waals surface area contributed by atoms with Crippen molar-refractivity contribution < 1.29 is 23.7 Å². The summed E-state index contributed by atoms with van der Waals surface area (Å²) in [5.74, 6) is 2.12. The van der Waals surface area contributed by atoms with Gasteiger partial charge in [0.2, 0.25) is 0 Å². The van der Waals surface area contributed by atoms with Crippen molar-refractivity contribution in [3.63, 3.8) is 0 Å². The molecular formula is C27H35N3O5. The number of fused-ring (bicyclic) bond motifs is 1. The molecule has 0 radical (unpaired) electrons. The van der Waals surface area contributed by atoms with Crippen LogP contribution in [-0.2, 0) is 22.6 Å². The first-order valence-corrected chi connectivity index (χ1v) is 12.0. The maximum absolute atomic E-state index is 12.6. The molecule has 0 atom stereocenters. The minimum absolute atomic E-state index is 0.00816. The normalized spacial score (nSPS) is 14.7. The zero-order valence-corrected chi connectivity index (χ0v) is 20.8. The number of hydrogen-bond acceptors (Lipinski definition) is 6. The van der Waals surface area contributed by atoms with Gasteiger partial charge in [0, 0.05) is 50.9 Å². The third-order valence-corrected chi connectivity index (χ3v) is 6.48. The summed E-state index contributed by atoms with van der Waals surface area (Å²) < 4.78 is 23.9. The highest BCUT2D eigenvalue weighted by Crippen LogP contribution is 2.29. The molecule has 188 valence electrons. The highest BCUT2D eigenvalue weighted by Gasteiger charge is 2.21. The van der Waals surface area contributed by atoms with Crippen LogP contribution in [0.5, 0.6) is 17.2 Å². The third-order valence-electron chi connectivity index (χ3n) is 6.48. The lowest BCUT2D eigenvalue weighted by Crippen LogP contribution is -2.45. The molecule has 1 aliphatic heterocycles. The number of aromatic nitrogens is 1. The first kappa shape index (κ1) is 24.9. The highest BCUT2D eigenvalue weighted by atomic mass is 16.5. The number of carbonyl (C=O) groups is 1. The van der Waals surface area contributed by atoms with Gasteiger partial charge in [-0.25, -0.2) is 0 Å². The van der Waals surface area contributed by atoms with Crippen LogP contribution in [0.2, 0.25) is 0 Å². The summed E-state index contributed by atoms with van der Waals surface area (Å²) in [4.78, 5) is 15.0. The molecule has 0 unspecified atom stereocenters. The Morgan fingerprint density at radius 2 is 1.80 bits per heavy atom. The van der Waals surface area contributed by atoms with Gasteiger partial charge >= 0.3 is 0 Å². The molecule has 8 heteroatoms. The minimum atomic E-state index is -0.0841. The standard InChI is InChI=1S/C27H35N3O5/c1-32-16-15-30-14-11-22-23(30)5-4-6-24(22)35-19-27(31)28-21-9-12-29(13-10-21)18-20-7-8-25(33-2)26(17-20)34-3/h4-8,11,14,17,21H,9-10,12-13,15-16,18-19H2,1-3H3,(H,28,31). The molecule has 2 heterocycles. The summed E-state index contributed by atoms with van der Waals surface area (Å²) in [5.41, 5.74) is 2.26. The molecule has 4 rings (SSSR count). The predicted molar refractivity (Wildman–Crippen MR) is 135 cm³/mol. The van der Waals surface area contributed by atoms with Crippen LogP contribution in [0.3, 0.4) is 0 Å². The van der Waals surface area contributed by atoms with E-state index in [4.69, 9.17) is 18.9 Å². The van der Waals surface area contributed by atoms with E-state index in [1.807, 2.05) is 42.6 Å². The number of hydrogen-bond donors (Lipinski definition) is 1. The number of likely N-dealkylation sites (tertiary alicyclic amines) is 1. The van der Waals surface area contributed by atoms with Crippen LogP contribution < -0.4 is 19.5 Å². The van der Waals surface area contributed by atoms with Gasteiger partial charge in [-0.15, -0.1) is 0 Å². The Morgan fingerprint density at radius 1 is 1.00 bits per heavy atom. The van der Waals surface area contributed by atoms with E-state index in [1.54, 1.807) is 21.3 Å². The molecule has 8 nitrogen and oxygen atoms in total. The molecule has 0 saturated carbocycles. The number of nitrogens with one attached hydrogen (secondary N) is 1. The van der Waals surface area contributed by atoms with Crippen LogP contribution in [0, 0.1) is 0 Å². The number of rotatable bonds is 11. The topological polar surface area (TPSA) is 74.2 Å². The lowest BCUT2D eigenvalue weighted by molar-refractivity contribution is -0.124. The van der Waals surface area contributed by atoms with Crippen LogP contribution in [0.4, 0.5) is 0 Å². The number of nitrogens with zero attached hydrogens (tertiary/aromatic N) is 2. The average Bonchev–Trinajstić information content (AvgIpc) is 3.31. The molecule has 0 spiro atoms. The minimum Gasteiger partial charge on any atom is -0.493 e. The van der Waals surface area contributed by atoms with E-state index in [-0.39, 0.29) is 18.6 Å². The molecule has 1 aliphatic rings. The van der Waals surface area contributed by atoms with Crippen molar-refractivity contribution in [3.8, 4) is 17.2 Å². The van der Waals surface area contributed by atoms with Gasteiger partial charge in [0.05, 0.1) is 26.3 Å². The monoisotopic (exact) mass is 481 g/mol. The summed E-state index contributed by atoms with van der Waals surface area (Å²) >= 11 is 0. The SMILES string of the molecule is COCCn1ccc2c(OCC(=O)NC3CCN(Cc4ccc(OC)c(OC)c4)CC3)cccc21. The molecule has 3 aromatic rings. The van der Waals surface area contributed by atoms with Crippen LogP contribution >= 0.6 is 0 Å². The Balaban J connectivity index is 1.24. The van der Waals surface area contributed by atoms with E-state index in [0.717, 1.165) is 67.2 Å². The third kappa shape index (κ3) is 6.26. The van der Waals surface area contributed by atoms with Crippen molar-refractivity contribution in [2.45, 2.75) is 32.0 Å². The molecule has 0 aliphatic carbocycles. The number of amides is 1. The first-order chi connectivity index (χ1) is 17.1. The van der Waals surface area contributed by atoms with Crippen LogP contribution in [0.15, 0.2) is 48.7 Å². The Labute approximate surface area is 206 Å². The zero-order valence-electron chi connectivity index (χ0n) is 20.8. The average molecular weight is 482 g/mol. The molecule has 1 saturated heterocycles. The van der Waals surface area contributed by atoms with Crippen molar-refractivity contribution >= 4 is 16.8 Å². The van der Waals surface area contributed by atoms with Crippen molar-refractivity contribution in [3.05, 3.63) is 54.2 Å². The largest absolute Gasteiger partial charge is 0.493 e. The van der Waals surface area contributed by atoms with E-state index in [2.05, 4.69) is 20.9 Å². The van der Waals surface area contributed by atoms with Crippen LogP contribution in [0.25, 0.3) is 10.9 Å². The molecule has 1 amide bonds. The van der Waals surface area contributed by atoms with E-state index in [0.29, 0.717) is 6.61 Å². The maximum Gasteiger partial charge on any atom is 0.258 e. The Hall–Kier alpha value is -3.23. The van der Waals surface area contributed by atoms with Gasteiger partial charge in [-0.05, 0) is 48.7 Å². The Kier molecular flexibility index (Phi) is 8.50. The lowest BCUT2D eigenvalue weighted by Gasteiger charge is -2.32. The number of methoxy groups -OCH3 is 3. The Bertz CT molecular complexity index is 1120. The van der Waals surface area contributed by atoms with Gasteiger partial charge in [0.1, 0.15) is 5.75 Å². The molecule has 1 aromatic heterocycles. The van der Waals surface area contributed by atoms with Crippen molar-refractivity contribution in [2.24, 2.45) is 0 Å². The Morgan fingerprint density at radius 3 is 2.54 bits per heavy atom. The second-order valence-corrected chi connectivity index (χ2v) is 8.79. The smallest absolute Gasteiger partial charge is 0.258 e. The fourth-order valence-electron chi connectivity index (χ4n) is 4.59. The molecule has 0 bridgehead atoms. The summed E-state index contributed by atoms with van der Waals surface area (Å²) in [6.45, 7) is 4.12. The second-order valence-electron chi connectivity index (χ2n) is 8.79. The lowest BCUT2D eigenvalue weighted by atomic mass is 10.0. The highest BCUT2D eigenvalue weighted by molar-refractivity contribution is 5.87. The maximum atomic E-state index is 12.6. The predicted octanol–water partition coefficient (Wildman–Crippen LogP) is 3.46. The fraction of sp³-hybridized carbons (Fsp3) is 0.444. The number of piperidine rings is 1. The second kappa shape index (κ2) is 12.0. The summed E-state index contributed by atoms with van der Waals surface area (Å²) in [5, 5.41) is 4.14. The van der Waals surface area contributed by atoms with Gasteiger partial charge in [-0.1, -0.05) is 12.1 Å². The van der Waals surface area contributed by atoms with E-state index in [9.17, 15) is 4.79 Å². The zero-order chi connectivity index (χ0) is 24.6. The number of ether oxygens (including phenoxy) is 4. The van der Waals surface area contributed by atoms with Crippen molar-refractivity contribution in [2.75, 3.05) is 47.6 Å². The van der Waals surface area contributed by atoms with Gasteiger partial charge in [-0.3, -0.25) is 9.69 Å². The first-order valence-electron chi connectivity index (χ1n) is 12.0. The quantitative estimate of drug-likeness (QED) is 0.452. The molecule has 1 fully saturated rings. The van der Waals surface area contributed by atoms with E-state index in [1.165, 1.54) is 5.56 Å².